The first-order chi connectivity index (χ1) is 6.47. The van der Waals surface area contributed by atoms with Gasteiger partial charge in [0.2, 0.25) is 5.09 Å². The first-order valence-electron chi connectivity index (χ1n) is 3.86. The van der Waals surface area contributed by atoms with Gasteiger partial charge in [-0.15, -0.1) is 0 Å². The molecular weight excluding hydrogens is 204 g/mol. The van der Waals surface area contributed by atoms with Crippen LogP contribution in [-0.2, 0) is 10.0 Å². The lowest BCUT2D eigenvalue weighted by Crippen LogP contribution is -2.10. The molecule has 0 aromatic carbocycles. The van der Waals surface area contributed by atoms with Gasteiger partial charge in [-0.25, -0.2) is 13.6 Å². The zero-order valence-corrected chi connectivity index (χ0v) is 8.21. The van der Waals surface area contributed by atoms with Crippen molar-refractivity contribution in [3.63, 3.8) is 0 Å². The summed E-state index contributed by atoms with van der Waals surface area (Å²) in [6.07, 6.45) is 1.54. The SMILES string of the molecule is Cc1cc2oc(S(N)(=O)=O)cc2cn1. The van der Waals surface area contributed by atoms with Gasteiger partial charge in [-0.1, -0.05) is 0 Å². The molecule has 2 N–H and O–H groups in total. The molecule has 0 spiro atoms. The zero-order chi connectivity index (χ0) is 10.3. The molecule has 0 bridgehead atoms. The van der Waals surface area contributed by atoms with E-state index in [0.717, 1.165) is 5.69 Å². The zero-order valence-electron chi connectivity index (χ0n) is 7.39. The molecule has 0 amide bonds. The van der Waals surface area contributed by atoms with E-state index in [1.54, 1.807) is 19.2 Å². The minimum atomic E-state index is -3.77. The molecule has 6 heteroatoms. The van der Waals surface area contributed by atoms with Crippen LogP contribution in [0, 0.1) is 6.92 Å². The van der Waals surface area contributed by atoms with Crippen molar-refractivity contribution in [2.24, 2.45) is 5.14 Å². The fourth-order valence-electron chi connectivity index (χ4n) is 1.15. The predicted octanol–water partition coefficient (Wildman–Crippen LogP) is 0.784. The average Bonchev–Trinajstić information content (AvgIpc) is 2.45. The summed E-state index contributed by atoms with van der Waals surface area (Å²) in [6.45, 7) is 1.79. The number of hydrogen-bond acceptors (Lipinski definition) is 4. The lowest BCUT2D eigenvalue weighted by atomic mass is 10.3. The summed E-state index contributed by atoms with van der Waals surface area (Å²) in [5.41, 5.74) is 1.23. The molecule has 5 nitrogen and oxygen atoms in total. The topological polar surface area (TPSA) is 86.2 Å². The van der Waals surface area contributed by atoms with Crippen molar-refractivity contribution in [2.75, 3.05) is 0 Å². The highest BCUT2D eigenvalue weighted by Crippen LogP contribution is 2.21. The minimum Gasteiger partial charge on any atom is -0.443 e. The molecule has 14 heavy (non-hydrogen) atoms. The second-order valence-corrected chi connectivity index (χ2v) is 4.47. The molecule has 0 radical (unpaired) electrons. The van der Waals surface area contributed by atoms with Gasteiger partial charge in [-0.2, -0.15) is 0 Å². The van der Waals surface area contributed by atoms with Gasteiger partial charge in [-0.05, 0) is 6.92 Å². The van der Waals surface area contributed by atoms with Crippen LogP contribution in [0.3, 0.4) is 0 Å². The third-order valence-corrected chi connectivity index (χ3v) is 2.56. The van der Waals surface area contributed by atoms with E-state index in [0.29, 0.717) is 11.0 Å². The fraction of sp³-hybridized carbons (Fsp3) is 0.125. The van der Waals surface area contributed by atoms with E-state index in [1.165, 1.54) is 6.07 Å². The van der Waals surface area contributed by atoms with Gasteiger partial charge in [0.15, 0.2) is 0 Å². The molecule has 2 rings (SSSR count). The van der Waals surface area contributed by atoms with Gasteiger partial charge >= 0.3 is 0 Å². The van der Waals surface area contributed by atoms with E-state index in [2.05, 4.69) is 4.98 Å². The lowest BCUT2D eigenvalue weighted by Gasteiger charge is -1.89. The summed E-state index contributed by atoms with van der Waals surface area (Å²) in [7, 11) is -3.77. The van der Waals surface area contributed by atoms with Crippen molar-refractivity contribution in [2.45, 2.75) is 12.0 Å². The number of fused-ring (bicyclic) bond motifs is 1. The number of aromatic nitrogens is 1. The Balaban J connectivity index is 2.75. The lowest BCUT2D eigenvalue weighted by molar-refractivity contribution is 0.482. The second kappa shape index (κ2) is 2.79. The third kappa shape index (κ3) is 1.49. The molecular formula is C8H8N2O3S. The number of sulfonamides is 1. The van der Waals surface area contributed by atoms with Crippen LogP contribution in [0.4, 0.5) is 0 Å². The number of nitrogens with zero attached hydrogens (tertiary/aromatic N) is 1. The number of pyridine rings is 1. The Hall–Kier alpha value is -1.40. The van der Waals surface area contributed by atoms with Crippen LogP contribution in [-0.4, -0.2) is 13.4 Å². The maximum Gasteiger partial charge on any atom is 0.271 e. The first kappa shape index (κ1) is 9.17. The molecule has 0 unspecified atom stereocenters. The number of nitrogens with two attached hydrogens (primary N) is 1. The summed E-state index contributed by atoms with van der Waals surface area (Å²) in [6, 6.07) is 3.01. The fourth-order valence-corrected chi connectivity index (χ4v) is 1.64. The van der Waals surface area contributed by atoms with Crippen molar-refractivity contribution in [1.29, 1.82) is 0 Å². The standard InChI is InChI=1S/C8H8N2O3S/c1-5-2-7-6(4-10-5)3-8(13-7)14(9,11)12/h2-4H,1H3,(H2,9,11,12). The van der Waals surface area contributed by atoms with Crippen LogP contribution in [0.25, 0.3) is 11.0 Å². The van der Waals surface area contributed by atoms with E-state index in [4.69, 9.17) is 9.56 Å². The smallest absolute Gasteiger partial charge is 0.271 e. The van der Waals surface area contributed by atoms with Crippen molar-refractivity contribution >= 4 is 21.0 Å². The Kier molecular flexibility index (Phi) is 1.83. The molecule has 0 atom stereocenters. The van der Waals surface area contributed by atoms with Gasteiger partial charge in [-0.3, -0.25) is 4.98 Å². The van der Waals surface area contributed by atoms with E-state index < -0.39 is 10.0 Å². The molecule has 2 aromatic heterocycles. The molecule has 2 aromatic rings. The Bertz CT molecular complexity index is 586. The molecule has 2 heterocycles. The van der Waals surface area contributed by atoms with Crippen molar-refractivity contribution in [1.82, 2.24) is 4.98 Å². The summed E-state index contributed by atoms with van der Waals surface area (Å²) in [4.78, 5) is 4.01. The summed E-state index contributed by atoms with van der Waals surface area (Å²) < 4.78 is 27.0. The highest BCUT2D eigenvalue weighted by Gasteiger charge is 2.14. The Labute approximate surface area is 80.6 Å². The normalized spacial score (nSPS) is 12.1. The largest absolute Gasteiger partial charge is 0.443 e. The van der Waals surface area contributed by atoms with Gasteiger partial charge in [0, 0.05) is 29.4 Å². The van der Waals surface area contributed by atoms with E-state index in [-0.39, 0.29) is 5.09 Å². The summed E-state index contributed by atoms with van der Waals surface area (Å²) in [5, 5.41) is 5.31. The van der Waals surface area contributed by atoms with Gasteiger partial charge < -0.3 is 4.42 Å². The highest BCUT2D eigenvalue weighted by atomic mass is 32.2. The third-order valence-electron chi connectivity index (χ3n) is 1.80. The number of hydrogen-bond donors (Lipinski definition) is 1. The summed E-state index contributed by atoms with van der Waals surface area (Å²) in [5.74, 6) is 0. The van der Waals surface area contributed by atoms with E-state index in [1.807, 2.05) is 0 Å². The Morgan fingerprint density at radius 1 is 1.43 bits per heavy atom. The first-order valence-corrected chi connectivity index (χ1v) is 5.40. The van der Waals surface area contributed by atoms with Gasteiger partial charge in [0.25, 0.3) is 10.0 Å². The Morgan fingerprint density at radius 3 is 2.79 bits per heavy atom. The highest BCUT2D eigenvalue weighted by molar-refractivity contribution is 7.89. The minimum absolute atomic E-state index is 0.236. The molecule has 0 saturated heterocycles. The van der Waals surface area contributed by atoms with Crippen LogP contribution >= 0.6 is 0 Å². The van der Waals surface area contributed by atoms with Crippen LogP contribution in [0.5, 0.6) is 0 Å². The maximum absolute atomic E-state index is 11.0. The van der Waals surface area contributed by atoms with Crippen LogP contribution in [0.1, 0.15) is 5.69 Å². The Morgan fingerprint density at radius 2 is 2.14 bits per heavy atom. The van der Waals surface area contributed by atoms with E-state index in [9.17, 15) is 8.42 Å². The number of aryl methyl sites for hydroxylation is 1. The molecule has 0 aliphatic rings. The van der Waals surface area contributed by atoms with Gasteiger partial charge in [0.05, 0.1) is 0 Å². The van der Waals surface area contributed by atoms with E-state index >= 15 is 0 Å². The van der Waals surface area contributed by atoms with Crippen LogP contribution in [0.15, 0.2) is 27.8 Å². The molecule has 0 fully saturated rings. The van der Waals surface area contributed by atoms with Crippen molar-refractivity contribution in [3.05, 3.63) is 24.0 Å². The summed E-state index contributed by atoms with van der Waals surface area (Å²) >= 11 is 0. The molecule has 0 saturated carbocycles. The van der Waals surface area contributed by atoms with Crippen molar-refractivity contribution in [3.8, 4) is 0 Å². The number of rotatable bonds is 1. The molecule has 74 valence electrons. The average molecular weight is 212 g/mol. The number of primary sulfonamides is 1. The van der Waals surface area contributed by atoms with Gasteiger partial charge in [0.1, 0.15) is 5.58 Å². The van der Waals surface area contributed by atoms with Crippen LogP contribution in [0.2, 0.25) is 0 Å². The monoisotopic (exact) mass is 212 g/mol. The predicted molar refractivity (Wildman–Crippen MR) is 50.1 cm³/mol. The maximum atomic E-state index is 11.0. The van der Waals surface area contributed by atoms with Crippen LogP contribution < -0.4 is 5.14 Å². The van der Waals surface area contributed by atoms with Crippen molar-refractivity contribution < 1.29 is 12.8 Å². The quantitative estimate of drug-likeness (QED) is 0.756. The second-order valence-electron chi connectivity index (χ2n) is 2.97. The molecule has 0 aliphatic heterocycles. The number of furan rings is 1. The molecule has 0 aliphatic carbocycles.